The number of aromatic hydroxyl groups is 1. The fraction of sp³-hybridized carbons (Fsp3) is 0.400. The molecule has 3 N–H and O–H groups in total. The van der Waals surface area contributed by atoms with Gasteiger partial charge in [0.2, 0.25) is 0 Å². The van der Waals surface area contributed by atoms with Gasteiger partial charge in [-0.05, 0) is 35.1 Å². The van der Waals surface area contributed by atoms with Gasteiger partial charge in [-0.3, -0.25) is 0 Å². The lowest BCUT2D eigenvalue weighted by atomic mass is 10.1. The van der Waals surface area contributed by atoms with E-state index in [9.17, 15) is 10.2 Å². The van der Waals surface area contributed by atoms with E-state index in [1.807, 2.05) is 0 Å². The number of halogens is 1. The van der Waals surface area contributed by atoms with Crippen molar-refractivity contribution in [3.8, 4) is 11.5 Å². The highest BCUT2D eigenvalue weighted by Gasteiger charge is 2.15. The summed E-state index contributed by atoms with van der Waals surface area (Å²) in [5.74, 6) is 0.628. The molecule has 0 fully saturated rings. The number of hydrogen-bond donors (Lipinski definition) is 3. The van der Waals surface area contributed by atoms with Gasteiger partial charge in [-0.2, -0.15) is 0 Å². The molecule has 1 aromatic carbocycles. The SMILES string of the molecule is CNCC(O)c1cc(OC)cc(Br)c1O. The largest absolute Gasteiger partial charge is 0.506 e. The lowest BCUT2D eigenvalue weighted by Crippen LogP contribution is -2.16. The Kier molecular flexibility index (Phi) is 4.38. The third-order valence-electron chi connectivity index (χ3n) is 2.06. The predicted octanol–water partition coefficient (Wildman–Crippen LogP) is 1.42. The molecule has 0 aliphatic carbocycles. The quantitative estimate of drug-likeness (QED) is 0.778. The van der Waals surface area contributed by atoms with E-state index in [1.165, 1.54) is 7.11 Å². The Morgan fingerprint density at radius 3 is 2.73 bits per heavy atom. The molecule has 15 heavy (non-hydrogen) atoms. The minimum absolute atomic E-state index is 0.0403. The molecule has 0 aliphatic heterocycles. The van der Waals surface area contributed by atoms with Crippen LogP contribution < -0.4 is 10.1 Å². The van der Waals surface area contributed by atoms with Crippen molar-refractivity contribution in [3.63, 3.8) is 0 Å². The number of likely N-dealkylation sites (N-methyl/N-ethyl adjacent to an activating group) is 1. The summed E-state index contributed by atoms with van der Waals surface area (Å²) in [6.45, 7) is 0.368. The number of hydrogen-bond acceptors (Lipinski definition) is 4. The molecule has 0 saturated heterocycles. The summed E-state index contributed by atoms with van der Waals surface area (Å²) in [6.07, 6.45) is -0.763. The van der Waals surface area contributed by atoms with Crippen molar-refractivity contribution >= 4 is 15.9 Å². The number of aliphatic hydroxyl groups excluding tert-OH is 1. The molecule has 1 aromatic rings. The lowest BCUT2D eigenvalue weighted by Gasteiger charge is -2.14. The molecule has 0 bridgehead atoms. The Balaban J connectivity index is 3.09. The molecule has 4 nitrogen and oxygen atoms in total. The Morgan fingerprint density at radius 1 is 1.53 bits per heavy atom. The van der Waals surface area contributed by atoms with Crippen molar-refractivity contribution in [2.24, 2.45) is 0 Å². The van der Waals surface area contributed by atoms with Crippen molar-refractivity contribution in [2.75, 3.05) is 20.7 Å². The number of aliphatic hydroxyl groups is 1. The number of ether oxygens (including phenoxy) is 1. The van der Waals surface area contributed by atoms with Crippen LogP contribution in [0.2, 0.25) is 0 Å². The first-order chi connectivity index (χ1) is 7.10. The van der Waals surface area contributed by atoms with E-state index >= 15 is 0 Å². The van der Waals surface area contributed by atoms with Crippen LogP contribution in [0, 0.1) is 0 Å². The number of methoxy groups -OCH3 is 1. The van der Waals surface area contributed by atoms with Crippen LogP contribution in [0.25, 0.3) is 0 Å². The molecular weight excluding hydrogens is 262 g/mol. The lowest BCUT2D eigenvalue weighted by molar-refractivity contribution is 0.173. The molecule has 0 aromatic heterocycles. The average Bonchev–Trinajstić information content (AvgIpc) is 2.22. The first-order valence-electron chi connectivity index (χ1n) is 4.49. The molecule has 0 heterocycles. The van der Waals surface area contributed by atoms with Gasteiger partial charge in [0.15, 0.2) is 0 Å². The summed E-state index contributed by atoms with van der Waals surface area (Å²) in [5.41, 5.74) is 0.440. The van der Waals surface area contributed by atoms with E-state index in [2.05, 4.69) is 21.2 Å². The number of nitrogens with one attached hydrogen (secondary N) is 1. The molecule has 1 rings (SSSR count). The van der Waals surface area contributed by atoms with Crippen molar-refractivity contribution < 1.29 is 14.9 Å². The molecule has 0 aliphatic rings. The zero-order valence-electron chi connectivity index (χ0n) is 8.62. The van der Waals surface area contributed by atoms with Crippen LogP contribution in [-0.2, 0) is 0 Å². The maximum Gasteiger partial charge on any atom is 0.135 e. The van der Waals surface area contributed by atoms with Crippen molar-refractivity contribution in [3.05, 3.63) is 22.2 Å². The van der Waals surface area contributed by atoms with Gasteiger partial charge < -0.3 is 20.3 Å². The van der Waals surface area contributed by atoms with Crippen LogP contribution in [0.5, 0.6) is 11.5 Å². The van der Waals surface area contributed by atoms with Gasteiger partial charge in [0, 0.05) is 12.1 Å². The summed E-state index contributed by atoms with van der Waals surface area (Å²) in [5, 5.41) is 22.3. The van der Waals surface area contributed by atoms with E-state index in [0.29, 0.717) is 22.3 Å². The Morgan fingerprint density at radius 2 is 2.20 bits per heavy atom. The maximum absolute atomic E-state index is 9.75. The zero-order valence-corrected chi connectivity index (χ0v) is 10.2. The predicted molar refractivity (Wildman–Crippen MR) is 61.2 cm³/mol. The van der Waals surface area contributed by atoms with E-state index < -0.39 is 6.10 Å². The van der Waals surface area contributed by atoms with Crippen LogP contribution in [0.1, 0.15) is 11.7 Å². The fourth-order valence-corrected chi connectivity index (χ4v) is 1.72. The van der Waals surface area contributed by atoms with Crippen LogP contribution in [0.4, 0.5) is 0 Å². The summed E-state index contributed by atoms with van der Waals surface area (Å²) in [6, 6.07) is 3.26. The van der Waals surface area contributed by atoms with Gasteiger partial charge >= 0.3 is 0 Å². The summed E-state index contributed by atoms with van der Waals surface area (Å²) >= 11 is 3.20. The number of benzene rings is 1. The molecule has 5 heteroatoms. The normalized spacial score (nSPS) is 12.5. The number of phenolic OH excluding ortho intramolecular Hbond substituents is 1. The average molecular weight is 276 g/mol. The second-order valence-electron chi connectivity index (χ2n) is 3.12. The highest BCUT2D eigenvalue weighted by molar-refractivity contribution is 9.10. The second-order valence-corrected chi connectivity index (χ2v) is 3.97. The molecule has 0 amide bonds. The van der Waals surface area contributed by atoms with E-state index in [0.717, 1.165) is 0 Å². The third-order valence-corrected chi connectivity index (χ3v) is 2.66. The summed E-state index contributed by atoms with van der Waals surface area (Å²) < 4.78 is 5.55. The van der Waals surface area contributed by atoms with Crippen LogP contribution >= 0.6 is 15.9 Å². The Bertz CT molecular complexity index is 344. The zero-order chi connectivity index (χ0) is 11.4. The maximum atomic E-state index is 9.75. The Hall–Kier alpha value is -0.780. The molecule has 84 valence electrons. The van der Waals surface area contributed by atoms with Crippen LogP contribution in [0.3, 0.4) is 0 Å². The van der Waals surface area contributed by atoms with Gasteiger partial charge in [-0.1, -0.05) is 0 Å². The molecule has 0 spiro atoms. The number of phenols is 1. The fourth-order valence-electron chi connectivity index (χ4n) is 1.27. The van der Waals surface area contributed by atoms with Gasteiger partial charge in [-0.25, -0.2) is 0 Å². The van der Waals surface area contributed by atoms with Gasteiger partial charge in [-0.15, -0.1) is 0 Å². The molecular formula is C10H14BrNO3. The second kappa shape index (κ2) is 5.34. The molecule has 1 unspecified atom stereocenters. The first-order valence-corrected chi connectivity index (χ1v) is 5.28. The van der Waals surface area contributed by atoms with E-state index in [-0.39, 0.29) is 5.75 Å². The summed E-state index contributed by atoms with van der Waals surface area (Å²) in [7, 11) is 3.27. The van der Waals surface area contributed by atoms with Crippen molar-refractivity contribution in [1.82, 2.24) is 5.32 Å². The highest BCUT2D eigenvalue weighted by Crippen LogP contribution is 2.35. The Labute approximate surface area is 97.0 Å². The molecule has 0 saturated carbocycles. The topological polar surface area (TPSA) is 61.7 Å². The van der Waals surface area contributed by atoms with Crippen LogP contribution in [0.15, 0.2) is 16.6 Å². The van der Waals surface area contributed by atoms with Crippen LogP contribution in [-0.4, -0.2) is 30.9 Å². The molecule has 1 atom stereocenters. The van der Waals surface area contributed by atoms with E-state index in [4.69, 9.17) is 4.74 Å². The minimum atomic E-state index is -0.763. The van der Waals surface area contributed by atoms with Gasteiger partial charge in [0.1, 0.15) is 11.5 Å². The van der Waals surface area contributed by atoms with Gasteiger partial charge in [0.25, 0.3) is 0 Å². The minimum Gasteiger partial charge on any atom is -0.506 e. The smallest absolute Gasteiger partial charge is 0.135 e. The van der Waals surface area contributed by atoms with Gasteiger partial charge in [0.05, 0.1) is 17.7 Å². The monoisotopic (exact) mass is 275 g/mol. The standard InChI is InChI=1S/C10H14BrNO3/c1-12-5-9(13)7-3-6(15-2)4-8(11)10(7)14/h3-4,9,12-14H,5H2,1-2H3. The van der Waals surface area contributed by atoms with Crippen molar-refractivity contribution in [2.45, 2.75) is 6.10 Å². The molecule has 0 radical (unpaired) electrons. The highest BCUT2D eigenvalue weighted by atomic mass is 79.9. The summed E-state index contributed by atoms with van der Waals surface area (Å²) in [4.78, 5) is 0. The third kappa shape index (κ3) is 2.84. The van der Waals surface area contributed by atoms with E-state index in [1.54, 1.807) is 19.2 Å². The first kappa shape index (κ1) is 12.3. The van der Waals surface area contributed by atoms with Crippen molar-refractivity contribution in [1.29, 1.82) is 0 Å². The number of rotatable bonds is 4.